The van der Waals surface area contributed by atoms with Crippen molar-refractivity contribution in [2.45, 2.75) is 354 Å². The third-order valence-electron chi connectivity index (χ3n) is 17.1. The Morgan fingerprint density at radius 2 is 0.571 bits per heavy atom. The van der Waals surface area contributed by atoms with E-state index in [0.29, 0.717) is 24.7 Å². The van der Waals surface area contributed by atoms with Gasteiger partial charge in [-0.3, -0.25) is 9.59 Å². The lowest BCUT2D eigenvalue weighted by molar-refractivity contribution is -0.164. The molecule has 0 saturated carbocycles. The van der Waals surface area contributed by atoms with E-state index in [4.69, 9.17) is 9.47 Å². The van der Waals surface area contributed by atoms with Gasteiger partial charge in [-0.25, -0.2) is 0 Å². The molecule has 0 aromatic heterocycles. The maximum absolute atomic E-state index is 12.6. The summed E-state index contributed by atoms with van der Waals surface area (Å²) in [4.78, 5) is 25.0. The first kappa shape index (κ1) is 65.0. The lowest BCUT2D eigenvalue weighted by Crippen LogP contribution is -2.42. The fraction of sp³-hybridized carbons (Fsp3) is 0.969. The Hall–Kier alpha value is -1.14. The topological polar surface area (TPSA) is 76.7 Å². The average Bonchev–Trinajstić information content (AvgIpc) is 3.35. The molecule has 1 atom stereocenters. The molecule has 70 heavy (non-hydrogen) atoms. The summed E-state index contributed by atoms with van der Waals surface area (Å²) in [6, 6.07) is 0. The van der Waals surface area contributed by atoms with Crippen molar-refractivity contribution in [3.63, 3.8) is 0 Å². The molecule has 0 aliphatic carbocycles. The summed E-state index contributed by atoms with van der Waals surface area (Å²) >= 11 is 0. The van der Waals surface area contributed by atoms with Crippen molar-refractivity contribution in [2.75, 3.05) is 26.2 Å². The number of carbonyl (C=O) groups excluding carboxylic acids is 2. The average molecular weight is 986 g/mol. The minimum atomic E-state index is -0.332. The number of carbonyl (C=O) groups is 2. The maximum atomic E-state index is 12.6. The van der Waals surface area contributed by atoms with Gasteiger partial charge in [0.15, 0.2) is 0 Å². The predicted molar refractivity (Wildman–Crippen MR) is 304 cm³/mol. The lowest BCUT2D eigenvalue weighted by Gasteiger charge is -2.36. The Morgan fingerprint density at radius 3 is 0.814 bits per heavy atom. The van der Waals surface area contributed by atoms with Gasteiger partial charge >= 0.3 is 11.9 Å². The van der Waals surface area contributed by atoms with Crippen LogP contribution in [0.4, 0.5) is 0 Å². The van der Waals surface area contributed by atoms with Crippen LogP contribution in [0.5, 0.6) is 0 Å². The Labute approximate surface area is 437 Å². The molecule has 6 heteroatoms. The van der Waals surface area contributed by atoms with Crippen LogP contribution in [0.25, 0.3) is 0 Å². The monoisotopic (exact) mass is 985 g/mol. The molecule has 0 amide bonds. The number of hydrogen-bond donors (Lipinski definition) is 2. The summed E-state index contributed by atoms with van der Waals surface area (Å²) in [7, 11) is 0. The van der Waals surface area contributed by atoms with E-state index in [1.165, 1.54) is 244 Å². The second-order valence-electron chi connectivity index (χ2n) is 24.4. The number of ether oxygens (including phenoxy) is 2. The summed E-state index contributed by atoms with van der Waals surface area (Å²) in [6.07, 6.45) is 63.9. The van der Waals surface area contributed by atoms with Gasteiger partial charge in [0, 0.05) is 24.7 Å². The smallest absolute Gasteiger partial charge is 0.306 e. The number of piperidine rings is 2. The van der Waals surface area contributed by atoms with Crippen LogP contribution in [-0.2, 0) is 19.1 Å². The fourth-order valence-corrected chi connectivity index (χ4v) is 12.1. The highest BCUT2D eigenvalue weighted by atomic mass is 16.6. The van der Waals surface area contributed by atoms with Gasteiger partial charge in [0.2, 0.25) is 0 Å². The van der Waals surface area contributed by atoms with Gasteiger partial charge in [0.05, 0.1) is 0 Å². The van der Waals surface area contributed by atoms with E-state index in [9.17, 15) is 9.59 Å². The van der Waals surface area contributed by atoms with Crippen LogP contribution in [0.1, 0.15) is 343 Å². The molecule has 2 heterocycles. The van der Waals surface area contributed by atoms with Gasteiger partial charge in [0.25, 0.3) is 0 Å². The summed E-state index contributed by atoms with van der Waals surface area (Å²) in [5, 5.41) is 6.84. The van der Waals surface area contributed by atoms with E-state index in [0.717, 1.165) is 83.5 Å². The Kier molecular flexibility index (Phi) is 42.0. The number of rotatable bonds is 50. The number of unbranched alkanes of at least 4 members (excludes halogenated alkanes) is 36. The molecule has 0 spiro atoms. The van der Waals surface area contributed by atoms with E-state index in [2.05, 4.69) is 45.3 Å². The van der Waals surface area contributed by atoms with Gasteiger partial charge < -0.3 is 20.1 Å². The molecule has 414 valence electrons. The third-order valence-corrected chi connectivity index (χ3v) is 17.1. The largest absolute Gasteiger partial charge is 0.459 e. The maximum Gasteiger partial charge on any atom is 0.306 e. The van der Waals surface area contributed by atoms with Gasteiger partial charge in [0.1, 0.15) is 11.2 Å². The molecule has 0 bridgehead atoms. The summed E-state index contributed by atoms with van der Waals surface area (Å²) < 4.78 is 11.9. The quantitative estimate of drug-likeness (QED) is 0.0467. The number of nitrogens with one attached hydrogen (secondary N) is 2. The van der Waals surface area contributed by atoms with Crippen molar-refractivity contribution in [1.29, 1.82) is 0 Å². The number of esters is 2. The fourth-order valence-electron chi connectivity index (χ4n) is 12.1. The van der Waals surface area contributed by atoms with Crippen LogP contribution < -0.4 is 10.6 Å². The van der Waals surface area contributed by atoms with Crippen molar-refractivity contribution in [2.24, 2.45) is 17.8 Å². The minimum Gasteiger partial charge on any atom is -0.459 e. The van der Waals surface area contributed by atoms with Crippen molar-refractivity contribution in [3.05, 3.63) is 0 Å². The van der Waals surface area contributed by atoms with E-state index in [-0.39, 0.29) is 23.1 Å². The Morgan fingerprint density at radius 1 is 0.357 bits per heavy atom. The second kappa shape index (κ2) is 45.3. The van der Waals surface area contributed by atoms with Crippen LogP contribution in [0, 0.1) is 17.8 Å². The molecule has 0 aromatic rings. The van der Waals surface area contributed by atoms with E-state index >= 15 is 0 Å². The zero-order valence-electron chi connectivity index (χ0n) is 48.1. The van der Waals surface area contributed by atoms with Gasteiger partial charge in [-0.05, 0) is 98.3 Å². The number of hydrogen-bond acceptors (Lipinski definition) is 6. The molecule has 0 radical (unpaired) electrons. The minimum absolute atomic E-state index is 0.00531. The van der Waals surface area contributed by atoms with Crippen LogP contribution in [-0.4, -0.2) is 49.3 Å². The van der Waals surface area contributed by atoms with Crippen LogP contribution in [0.15, 0.2) is 0 Å². The lowest BCUT2D eigenvalue weighted by atomic mass is 9.83. The van der Waals surface area contributed by atoms with E-state index < -0.39 is 0 Å². The molecule has 2 fully saturated rings. The first-order valence-electron chi connectivity index (χ1n) is 32.0. The zero-order chi connectivity index (χ0) is 50.5. The van der Waals surface area contributed by atoms with E-state index in [1.54, 1.807) is 0 Å². The summed E-state index contributed by atoms with van der Waals surface area (Å²) in [5.74, 6) is 1.94. The van der Waals surface area contributed by atoms with Gasteiger partial charge in [-0.2, -0.15) is 0 Å². The molecule has 2 aliphatic heterocycles. The third kappa shape index (κ3) is 37.6. The highest BCUT2D eigenvalue weighted by molar-refractivity contribution is 5.70. The summed E-state index contributed by atoms with van der Waals surface area (Å²) in [6.45, 7) is 14.9. The second-order valence-corrected chi connectivity index (χ2v) is 24.4. The zero-order valence-corrected chi connectivity index (χ0v) is 48.1. The van der Waals surface area contributed by atoms with Crippen molar-refractivity contribution < 1.29 is 19.1 Å². The Bertz CT molecular complexity index is 1160. The molecule has 2 saturated heterocycles. The van der Waals surface area contributed by atoms with E-state index in [1.807, 2.05) is 0 Å². The molecule has 1 unspecified atom stereocenters. The first-order chi connectivity index (χ1) is 34.1. The molecule has 2 aliphatic rings. The molecule has 2 rings (SSSR count). The summed E-state index contributed by atoms with van der Waals surface area (Å²) in [5.41, 5.74) is -0.658. The first-order valence-corrected chi connectivity index (χ1v) is 32.0. The molecule has 6 nitrogen and oxygen atoms in total. The SMILES string of the molecule is CCCCCCCCCCCCCC(CCCCCCCCCCCCCCCCCCCCCCCC(=O)OC(C)(C)C1CCNCC1)CCCCCCCCCC(=O)OC(C)(C)C1CCNCC1. The van der Waals surface area contributed by atoms with Gasteiger partial charge in [-0.1, -0.05) is 264 Å². The molecule has 2 N–H and O–H groups in total. The van der Waals surface area contributed by atoms with Crippen LogP contribution in [0.2, 0.25) is 0 Å². The normalized spacial score (nSPS) is 15.7. The van der Waals surface area contributed by atoms with Crippen LogP contribution >= 0.6 is 0 Å². The van der Waals surface area contributed by atoms with Crippen molar-refractivity contribution in [1.82, 2.24) is 10.6 Å². The molecule has 0 aromatic carbocycles. The van der Waals surface area contributed by atoms with Crippen molar-refractivity contribution >= 4 is 11.9 Å². The molecular weight excluding hydrogens is 861 g/mol. The van der Waals surface area contributed by atoms with Gasteiger partial charge in [-0.15, -0.1) is 0 Å². The highest BCUT2D eigenvalue weighted by Crippen LogP contribution is 2.31. The highest BCUT2D eigenvalue weighted by Gasteiger charge is 2.35. The van der Waals surface area contributed by atoms with Crippen LogP contribution in [0.3, 0.4) is 0 Å². The standard InChI is InChI=1S/C64H124N2O4/c1-6-7-8-9-10-11-23-26-30-35-40-45-58(47-42-37-32-29-34-39-44-49-62(68)70-64(4,5)60-52-56-66-57-53-60)46-41-36-31-27-24-21-19-17-15-13-12-14-16-18-20-22-25-28-33-38-43-48-61(67)69-63(2,3)59-50-54-65-55-51-59/h58-60,65-66H,6-57H2,1-5H3. The molecular formula is C64H124N2O4. The Balaban J connectivity index is 1.40. The predicted octanol–water partition coefficient (Wildman–Crippen LogP) is 19.4. The van der Waals surface area contributed by atoms with Crippen molar-refractivity contribution in [3.8, 4) is 0 Å².